The second-order valence-corrected chi connectivity index (χ2v) is 5.37. The molecule has 2 unspecified atom stereocenters. The smallest absolute Gasteiger partial charge is 0.322 e. The van der Waals surface area contributed by atoms with E-state index in [0.29, 0.717) is 12.8 Å². The van der Waals surface area contributed by atoms with Gasteiger partial charge in [-0.05, 0) is 18.8 Å². The number of hydrogen-bond donors (Lipinski definition) is 3. The van der Waals surface area contributed by atoms with E-state index in [1.807, 2.05) is 13.8 Å². The van der Waals surface area contributed by atoms with Gasteiger partial charge in [-0.1, -0.05) is 13.8 Å². The van der Waals surface area contributed by atoms with E-state index in [2.05, 4.69) is 10.6 Å². The van der Waals surface area contributed by atoms with Crippen molar-refractivity contribution in [2.75, 3.05) is 0 Å². The number of imide groups is 1. The largest absolute Gasteiger partial charge is 0.481 e. The number of carboxylic acid groups (broad SMARTS) is 1. The molecule has 1 saturated carbocycles. The van der Waals surface area contributed by atoms with Crippen LogP contribution in [0.2, 0.25) is 0 Å². The van der Waals surface area contributed by atoms with Crippen molar-refractivity contribution >= 4 is 17.9 Å². The van der Waals surface area contributed by atoms with Gasteiger partial charge in [-0.15, -0.1) is 0 Å². The average molecular weight is 240 g/mol. The van der Waals surface area contributed by atoms with E-state index in [0.717, 1.165) is 0 Å². The van der Waals surface area contributed by atoms with Crippen LogP contribution in [-0.2, 0) is 9.59 Å². The maximum Gasteiger partial charge on any atom is 0.322 e. The van der Waals surface area contributed by atoms with Gasteiger partial charge in [-0.3, -0.25) is 14.9 Å². The van der Waals surface area contributed by atoms with Gasteiger partial charge in [0.15, 0.2) is 0 Å². The number of carboxylic acids is 1. The summed E-state index contributed by atoms with van der Waals surface area (Å²) in [6.07, 6.45) is 1.15. The highest BCUT2D eigenvalue weighted by atomic mass is 16.4. The van der Waals surface area contributed by atoms with Crippen LogP contribution in [0.3, 0.4) is 0 Å². The van der Waals surface area contributed by atoms with Gasteiger partial charge in [-0.2, -0.15) is 0 Å². The molecule has 94 valence electrons. The Morgan fingerprint density at radius 1 is 1.47 bits per heavy atom. The molecule has 2 rings (SSSR count). The molecule has 0 aromatic rings. The molecular formula is C11H16N2O4. The summed E-state index contributed by atoms with van der Waals surface area (Å²) in [5, 5.41) is 13.8. The Hall–Kier alpha value is -1.59. The van der Waals surface area contributed by atoms with Crippen molar-refractivity contribution in [3.05, 3.63) is 0 Å². The number of carbonyl (C=O) groups excluding carboxylic acids is 2. The van der Waals surface area contributed by atoms with E-state index < -0.39 is 23.0 Å². The lowest BCUT2D eigenvalue weighted by atomic mass is 9.69. The maximum absolute atomic E-state index is 11.9. The third kappa shape index (κ3) is 1.50. The molecule has 0 aromatic heterocycles. The van der Waals surface area contributed by atoms with Gasteiger partial charge < -0.3 is 10.4 Å². The first-order valence-corrected chi connectivity index (χ1v) is 5.65. The molecule has 0 bridgehead atoms. The van der Waals surface area contributed by atoms with Crippen LogP contribution in [0.15, 0.2) is 0 Å². The maximum atomic E-state index is 11.9. The Kier molecular flexibility index (Phi) is 2.41. The first-order valence-electron chi connectivity index (χ1n) is 5.65. The summed E-state index contributed by atoms with van der Waals surface area (Å²) >= 11 is 0. The Morgan fingerprint density at radius 3 is 2.59 bits per heavy atom. The van der Waals surface area contributed by atoms with E-state index in [1.165, 1.54) is 0 Å². The third-order valence-electron chi connectivity index (χ3n) is 4.35. The lowest BCUT2D eigenvalue weighted by Gasteiger charge is -2.38. The van der Waals surface area contributed by atoms with Crippen molar-refractivity contribution < 1.29 is 19.5 Å². The average Bonchev–Trinajstić information content (AvgIpc) is 2.59. The molecule has 17 heavy (non-hydrogen) atoms. The minimum Gasteiger partial charge on any atom is -0.481 e. The molecule has 1 saturated heterocycles. The van der Waals surface area contributed by atoms with Crippen LogP contribution in [0.4, 0.5) is 4.79 Å². The molecule has 1 spiro atoms. The number of aliphatic carboxylic acids is 1. The van der Waals surface area contributed by atoms with Crippen molar-refractivity contribution in [1.82, 2.24) is 10.6 Å². The lowest BCUT2D eigenvalue weighted by Crippen LogP contribution is -2.56. The van der Waals surface area contributed by atoms with Crippen molar-refractivity contribution in [3.63, 3.8) is 0 Å². The summed E-state index contributed by atoms with van der Waals surface area (Å²) in [6, 6.07) is -0.487. The van der Waals surface area contributed by atoms with Gasteiger partial charge in [0.2, 0.25) is 0 Å². The van der Waals surface area contributed by atoms with Gasteiger partial charge in [0.25, 0.3) is 5.91 Å². The fourth-order valence-electron chi connectivity index (χ4n) is 3.11. The lowest BCUT2D eigenvalue weighted by molar-refractivity contribution is -0.140. The van der Waals surface area contributed by atoms with Gasteiger partial charge in [0.1, 0.15) is 5.54 Å². The molecule has 2 aliphatic rings. The summed E-state index contributed by atoms with van der Waals surface area (Å²) in [4.78, 5) is 34.0. The van der Waals surface area contributed by atoms with Crippen LogP contribution in [0, 0.1) is 11.3 Å². The van der Waals surface area contributed by atoms with E-state index >= 15 is 0 Å². The monoisotopic (exact) mass is 240 g/mol. The fraction of sp³-hybridized carbons (Fsp3) is 0.727. The Morgan fingerprint density at radius 2 is 2.12 bits per heavy atom. The number of nitrogens with one attached hydrogen (secondary N) is 2. The second-order valence-electron chi connectivity index (χ2n) is 5.37. The van der Waals surface area contributed by atoms with E-state index in [1.54, 1.807) is 0 Å². The predicted molar refractivity (Wildman–Crippen MR) is 58.2 cm³/mol. The molecule has 6 nitrogen and oxygen atoms in total. The minimum absolute atomic E-state index is 0.0257. The first kappa shape index (κ1) is 11.9. The Labute approximate surface area is 98.8 Å². The number of urea groups is 1. The van der Waals surface area contributed by atoms with Crippen LogP contribution in [0.5, 0.6) is 0 Å². The van der Waals surface area contributed by atoms with Gasteiger partial charge in [0, 0.05) is 11.8 Å². The highest BCUT2D eigenvalue weighted by Crippen LogP contribution is 2.52. The molecule has 3 amide bonds. The molecule has 6 heteroatoms. The topological polar surface area (TPSA) is 95.5 Å². The van der Waals surface area contributed by atoms with E-state index in [-0.39, 0.29) is 18.2 Å². The standard InChI is InChI=1S/C11H16N2O4/c1-10(2)6(5-7(14)15)3-4-11(10)8(16)12-9(17)13-11/h6H,3-5H2,1-2H3,(H,14,15)(H2,12,13,16,17). The van der Waals surface area contributed by atoms with Crippen molar-refractivity contribution in [1.29, 1.82) is 0 Å². The van der Waals surface area contributed by atoms with Gasteiger partial charge in [-0.25, -0.2) is 4.79 Å². The number of rotatable bonds is 2. The zero-order valence-electron chi connectivity index (χ0n) is 9.87. The molecule has 2 atom stereocenters. The van der Waals surface area contributed by atoms with E-state index in [4.69, 9.17) is 5.11 Å². The summed E-state index contributed by atoms with van der Waals surface area (Å²) in [6.45, 7) is 3.69. The third-order valence-corrected chi connectivity index (χ3v) is 4.35. The van der Waals surface area contributed by atoms with Crippen LogP contribution < -0.4 is 10.6 Å². The summed E-state index contributed by atoms with van der Waals surface area (Å²) < 4.78 is 0. The SMILES string of the molecule is CC1(C)C(CC(=O)O)CCC12NC(=O)NC2=O. The Bertz CT molecular complexity index is 404. The summed E-state index contributed by atoms with van der Waals surface area (Å²) in [5.41, 5.74) is -1.49. The number of carbonyl (C=O) groups is 3. The zero-order chi connectivity index (χ0) is 12.8. The van der Waals surface area contributed by atoms with Gasteiger partial charge in [0.05, 0.1) is 0 Å². The molecule has 3 N–H and O–H groups in total. The second kappa shape index (κ2) is 3.45. The van der Waals surface area contributed by atoms with Crippen molar-refractivity contribution in [2.45, 2.75) is 38.6 Å². The van der Waals surface area contributed by atoms with Crippen LogP contribution in [-0.4, -0.2) is 28.6 Å². The highest BCUT2D eigenvalue weighted by molar-refractivity contribution is 6.07. The molecule has 1 aliphatic heterocycles. The minimum atomic E-state index is -0.940. The van der Waals surface area contributed by atoms with Crippen LogP contribution in [0.1, 0.15) is 33.1 Å². The normalized spacial score (nSPS) is 34.8. The molecule has 0 aromatic carbocycles. The molecular weight excluding hydrogens is 224 g/mol. The van der Waals surface area contributed by atoms with Crippen LogP contribution in [0.25, 0.3) is 0 Å². The van der Waals surface area contributed by atoms with E-state index in [9.17, 15) is 14.4 Å². The molecule has 1 aliphatic carbocycles. The van der Waals surface area contributed by atoms with Crippen LogP contribution >= 0.6 is 0 Å². The Balaban J connectivity index is 2.30. The number of hydrogen-bond acceptors (Lipinski definition) is 3. The fourth-order valence-corrected chi connectivity index (χ4v) is 3.11. The molecule has 0 radical (unpaired) electrons. The molecule has 2 fully saturated rings. The summed E-state index contributed by atoms with van der Waals surface area (Å²) in [5.74, 6) is -1.31. The summed E-state index contributed by atoms with van der Waals surface area (Å²) in [7, 11) is 0. The van der Waals surface area contributed by atoms with Crippen molar-refractivity contribution in [3.8, 4) is 0 Å². The molecule has 1 heterocycles. The number of amides is 3. The highest BCUT2D eigenvalue weighted by Gasteiger charge is 2.62. The van der Waals surface area contributed by atoms with Gasteiger partial charge >= 0.3 is 12.0 Å². The first-order chi connectivity index (χ1) is 7.79. The predicted octanol–water partition coefficient (Wildman–Crippen LogP) is 0.476. The van der Waals surface area contributed by atoms with Crippen molar-refractivity contribution in [2.24, 2.45) is 11.3 Å². The quantitative estimate of drug-likeness (QED) is 0.611. The zero-order valence-corrected chi connectivity index (χ0v) is 9.87.